The number of aryl methyl sites for hydroxylation is 1. The van der Waals surface area contributed by atoms with E-state index < -0.39 is 0 Å². The van der Waals surface area contributed by atoms with E-state index in [9.17, 15) is 4.79 Å². The number of benzene rings is 1. The van der Waals surface area contributed by atoms with Crippen molar-refractivity contribution in [3.05, 3.63) is 66.1 Å². The van der Waals surface area contributed by atoms with Gasteiger partial charge < -0.3 is 9.80 Å². The van der Waals surface area contributed by atoms with E-state index in [0.29, 0.717) is 6.54 Å². The number of fused-ring (bicyclic) bond motifs is 5. The van der Waals surface area contributed by atoms with Gasteiger partial charge in [-0.15, -0.1) is 0 Å². The topological polar surface area (TPSA) is 49.3 Å². The van der Waals surface area contributed by atoms with Gasteiger partial charge in [0, 0.05) is 42.1 Å². The standard InChI is InChI=1S/C23H24N4O/c1-16-12-22(20-7-2-3-8-21(20)25-16)26-13-17-9-10-19(15-26)27(23(17)28)14-18-6-4-5-11-24-18/h2-8,11-12,17,19H,9-10,13-15H2,1H3/t17-,19+/m1/s1. The number of hydrogen-bond acceptors (Lipinski definition) is 4. The highest BCUT2D eigenvalue weighted by molar-refractivity contribution is 5.92. The van der Waals surface area contributed by atoms with Gasteiger partial charge in [-0.2, -0.15) is 0 Å². The minimum absolute atomic E-state index is 0.0506. The van der Waals surface area contributed by atoms with Crippen molar-refractivity contribution in [3.8, 4) is 0 Å². The first-order valence-corrected chi connectivity index (χ1v) is 10.0. The molecule has 0 radical (unpaired) electrons. The molecule has 5 nitrogen and oxygen atoms in total. The summed E-state index contributed by atoms with van der Waals surface area (Å²) in [5, 5.41) is 1.16. The molecule has 5 heteroatoms. The monoisotopic (exact) mass is 372 g/mol. The molecule has 2 bridgehead atoms. The quantitative estimate of drug-likeness (QED) is 0.705. The third-order valence-corrected chi connectivity index (χ3v) is 6.01. The molecule has 0 spiro atoms. The first-order chi connectivity index (χ1) is 13.7. The molecule has 3 fully saturated rings. The molecule has 1 aromatic carbocycles. The molecule has 3 aromatic rings. The van der Waals surface area contributed by atoms with Crippen molar-refractivity contribution in [2.24, 2.45) is 5.92 Å². The van der Waals surface area contributed by atoms with E-state index in [4.69, 9.17) is 0 Å². The summed E-state index contributed by atoms with van der Waals surface area (Å²) >= 11 is 0. The van der Waals surface area contributed by atoms with Crippen LogP contribution in [-0.2, 0) is 11.3 Å². The van der Waals surface area contributed by atoms with Crippen LogP contribution in [0.1, 0.15) is 24.2 Å². The molecule has 6 rings (SSSR count). The number of hydrogen-bond donors (Lipinski definition) is 0. The van der Waals surface area contributed by atoms with Gasteiger partial charge in [-0.25, -0.2) is 0 Å². The number of carbonyl (C=O) groups excluding carboxylic acids is 1. The Balaban J connectivity index is 1.50. The Kier molecular flexibility index (Phi) is 4.23. The number of anilines is 1. The number of amides is 1. The fourth-order valence-corrected chi connectivity index (χ4v) is 4.66. The van der Waals surface area contributed by atoms with Gasteiger partial charge in [-0.05, 0) is 44.0 Å². The maximum Gasteiger partial charge on any atom is 0.228 e. The van der Waals surface area contributed by atoms with Crippen molar-refractivity contribution in [1.82, 2.24) is 14.9 Å². The largest absolute Gasteiger partial charge is 0.368 e. The summed E-state index contributed by atoms with van der Waals surface area (Å²) in [7, 11) is 0. The fourth-order valence-electron chi connectivity index (χ4n) is 4.66. The van der Waals surface area contributed by atoms with Gasteiger partial charge in [0.05, 0.1) is 23.7 Å². The Hall–Kier alpha value is -2.95. The second-order valence-electron chi connectivity index (χ2n) is 7.92. The van der Waals surface area contributed by atoms with Crippen LogP contribution in [0.25, 0.3) is 10.9 Å². The third kappa shape index (κ3) is 3.01. The summed E-state index contributed by atoms with van der Waals surface area (Å²) in [6.07, 6.45) is 3.83. The summed E-state index contributed by atoms with van der Waals surface area (Å²) < 4.78 is 0. The summed E-state index contributed by atoms with van der Waals surface area (Å²) in [6, 6.07) is 16.6. The van der Waals surface area contributed by atoms with Gasteiger partial charge in [0.2, 0.25) is 5.91 Å². The van der Waals surface area contributed by atoms with E-state index in [-0.39, 0.29) is 17.9 Å². The molecule has 2 atom stereocenters. The number of nitrogens with zero attached hydrogens (tertiary/aromatic N) is 4. The molecule has 142 valence electrons. The summed E-state index contributed by atoms with van der Waals surface area (Å²) in [4.78, 5) is 26.8. The smallest absolute Gasteiger partial charge is 0.228 e. The van der Waals surface area contributed by atoms with Crippen molar-refractivity contribution in [3.63, 3.8) is 0 Å². The molecule has 0 unspecified atom stereocenters. The number of pyridine rings is 2. The number of para-hydroxylation sites is 1. The Bertz CT molecular complexity index is 1020. The predicted octanol–water partition coefficient (Wildman–Crippen LogP) is 3.57. The van der Waals surface area contributed by atoms with Crippen LogP contribution in [0.2, 0.25) is 0 Å². The molecule has 0 saturated carbocycles. The van der Waals surface area contributed by atoms with E-state index in [1.54, 1.807) is 6.20 Å². The predicted molar refractivity (Wildman–Crippen MR) is 110 cm³/mol. The SMILES string of the molecule is Cc1cc(N2C[C@H]3CC[C@@H](C2)N(Cc2ccccn2)C3=O)c2ccccc2n1. The van der Waals surface area contributed by atoms with Crippen LogP contribution in [0.4, 0.5) is 5.69 Å². The highest BCUT2D eigenvalue weighted by Gasteiger charge is 2.41. The molecule has 5 heterocycles. The van der Waals surface area contributed by atoms with Crippen molar-refractivity contribution >= 4 is 22.5 Å². The van der Waals surface area contributed by atoms with Crippen molar-refractivity contribution in [2.75, 3.05) is 18.0 Å². The Morgan fingerprint density at radius 2 is 1.93 bits per heavy atom. The molecular weight excluding hydrogens is 348 g/mol. The maximum absolute atomic E-state index is 13.2. The van der Waals surface area contributed by atoms with Gasteiger partial charge in [0.15, 0.2) is 0 Å². The van der Waals surface area contributed by atoms with Gasteiger partial charge in [0.25, 0.3) is 0 Å². The Labute approximate surface area is 165 Å². The van der Waals surface area contributed by atoms with Crippen molar-refractivity contribution in [2.45, 2.75) is 32.4 Å². The lowest BCUT2D eigenvalue weighted by Gasteiger charge is -2.35. The Morgan fingerprint density at radius 1 is 1.07 bits per heavy atom. The van der Waals surface area contributed by atoms with Crippen LogP contribution in [-0.4, -0.2) is 39.9 Å². The highest BCUT2D eigenvalue weighted by atomic mass is 16.2. The first-order valence-electron chi connectivity index (χ1n) is 10.0. The van der Waals surface area contributed by atoms with Gasteiger partial charge in [0.1, 0.15) is 0 Å². The molecule has 2 aromatic heterocycles. The molecule has 0 N–H and O–H groups in total. The van der Waals surface area contributed by atoms with E-state index >= 15 is 0 Å². The van der Waals surface area contributed by atoms with Gasteiger partial charge >= 0.3 is 0 Å². The molecule has 1 amide bonds. The molecular formula is C23H24N4O. The first kappa shape index (κ1) is 17.2. The van der Waals surface area contributed by atoms with Crippen molar-refractivity contribution < 1.29 is 4.79 Å². The lowest BCUT2D eigenvalue weighted by atomic mass is 9.94. The zero-order valence-electron chi connectivity index (χ0n) is 16.1. The molecule has 28 heavy (non-hydrogen) atoms. The summed E-state index contributed by atoms with van der Waals surface area (Å²) in [5.41, 5.74) is 4.19. The van der Waals surface area contributed by atoms with Gasteiger partial charge in [-0.1, -0.05) is 24.3 Å². The number of rotatable bonds is 3. The average molecular weight is 372 g/mol. The molecule has 0 aliphatic carbocycles. The van der Waals surface area contributed by atoms with Crippen LogP contribution >= 0.6 is 0 Å². The zero-order chi connectivity index (χ0) is 19.1. The van der Waals surface area contributed by atoms with Crippen molar-refractivity contribution in [1.29, 1.82) is 0 Å². The molecule has 3 aliphatic rings. The third-order valence-electron chi connectivity index (χ3n) is 6.01. The van der Waals surface area contributed by atoms with Crippen LogP contribution in [0.5, 0.6) is 0 Å². The number of piperidine rings is 1. The van der Waals surface area contributed by atoms with Crippen LogP contribution in [0.15, 0.2) is 54.7 Å². The van der Waals surface area contributed by atoms with Gasteiger partial charge in [-0.3, -0.25) is 14.8 Å². The van der Waals surface area contributed by atoms with E-state index in [1.807, 2.05) is 31.2 Å². The van der Waals surface area contributed by atoms with E-state index in [1.165, 1.54) is 5.69 Å². The Morgan fingerprint density at radius 3 is 2.79 bits per heavy atom. The van der Waals surface area contributed by atoms with Crippen LogP contribution < -0.4 is 4.90 Å². The zero-order valence-corrected chi connectivity index (χ0v) is 16.1. The normalized spacial score (nSPS) is 22.0. The van der Waals surface area contributed by atoms with E-state index in [0.717, 1.165) is 48.2 Å². The second-order valence-corrected chi connectivity index (χ2v) is 7.92. The fraction of sp³-hybridized carbons (Fsp3) is 0.348. The number of carbonyl (C=O) groups is 1. The highest BCUT2D eigenvalue weighted by Crippen LogP contribution is 2.35. The summed E-state index contributed by atoms with van der Waals surface area (Å²) in [6.45, 7) is 4.29. The molecule has 3 saturated heterocycles. The minimum atomic E-state index is 0.0506. The lowest BCUT2D eigenvalue weighted by molar-refractivity contribution is -0.140. The number of aromatic nitrogens is 2. The maximum atomic E-state index is 13.2. The van der Waals surface area contributed by atoms with E-state index in [2.05, 4.69) is 44.0 Å². The second kappa shape index (κ2) is 6.89. The van der Waals surface area contributed by atoms with Crippen LogP contribution in [0.3, 0.4) is 0 Å². The van der Waals surface area contributed by atoms with Crippen LogP contribution in [0, 0.1) is 12.8 Å². The average Bonchev–Trinajstić information content (AvgIpc) is 3.00. The summed E-state index contributed by atoms with van der Waals surface area (Å²) in [5.74, 6) is 0.328. The molecule has 3 aliphatic heterocycles. The minimum Gasteiger partial charge on any atom is -0.368 e. The lowest BCUT2D eigenvalue weighted by Crippen LogP contribution is -2.47.